The summed E-state index contributed by atoms with van der Waals surface area (Å²) in [7, 11) is 0. The lowest BCUT2D eigenvalue weighted by molar-refractivity contribution is 0.211. The monoisotopic (exact) mass is 327 g/mol. The minimum atomic E-state index is 0.517. The lowest BCUT2D eigenvalue weighted by atomic mass is 9.70. The molecule has 1 aromatic heterocycles. The standard InChI is InChI=1S/C22H21N3/c1-14-12-17-13-18(14)19(17)22-24-20(15-8-4-2-5-9-15)23-21(25-22)16-10-6-3-7-11-16/h2-11,14,17-19H,12-13H2,1H3. The average molecular weight is 327 g/mol. The Balaban J connectivity index is 1.64. The van der Waals surface area contributed by atoms with Crippen LogP contribution in [0.25, 0.3) is 22.8 Å². The second-order valence-corrected chi connectivity index (χ2v) is 7.47. The summed E-state index contributed by atoms with van der Waals surface area (Å²) in [5, 5.41) is 0. The van der Waals surface area contributed by atoms with E-state index in [0.717, 1.165) is 46.4 Å². The summed E-state index contributed by atoms with van der Waals surface area (Å²) in [5.74, 6) is 5.41. The Hall–Kier alpha value is -2.55. The summed E-state index contributed by atoms with van der Waals surface area (Å²) in [5.41, 5.74) is 2.12. The Morgan fingerprint density at radius 2 is 1.28 bits per heavy atom. The van der Waals surface area contributed by atoms with Crippen LogP contribution in [0.3, 0.4) is 0 Å². The van der Waals surface area contributed by atoms with Gasteiger partial charge in [-0.05, 0) is 30.6 Å². The fourth-order valence-corrected chi connectivity index (χ4v) is 4.65. The van der Waals surface area contributed by atoms with Crippen LogP contribution in [0.1, 0.15) is 31.5 Å². The molecule has 2 aromatic carbocycles. The highest BCUT2D eigenvalue weighted by molar-refractivity contribution is 5.61. The van der Waals surface area contributed by atoms with E-state index >= 15 is 0 Å². The highest BCUT2D eigenvalue weighted by Crippen LogP contribution is 2.60. The van der Waals surface area contributed by atoms with Crippen LogP contribution in [0.5, 0.6) is 0 Å². The molecule has 3 nitrogen and oxygen atoms in total. The molecule has 124 valence electrons. The number of rotatable bonds is 3. The van der Waals surface area contributed by atoms with Gasteiger partial charge in [-0.1, -0.05) is 67.6 Å². The van der Waals surface area contributed by atoms with Gasteiger partial charge in [0.2, 0.25) is 0 Å². The maximum Gasteiger partial charge on any atom is 0.163 e. The van der Waals surface area contributed by atoms with Crippen molar-refractivity contribution in [2.45, 2.75) is 25.7 Å². The summed E-state index contributed by atoms with van der Waals surface area (Å²) in [6.45, 7) is 2.38. The van der Waals surface area contributed by atoms with Crippen LogP contribution in [-0.4, -0.2) is 15.0 Å². The highest BCUT2D eigenvalue weighted by Gasteiger charge is 2.53. The highest BCUT2D eigenvalue weighted by atomic mass is 15.0. The lowest BCUT2D eigenvalue weighted by Gasteiger charge is -2.35. The summed E-state index contributed by atoms with van der Waals surface area (Å²) >= 11 is 0. The number of fused-ring (bicyclic) bond motifs is 1. The normalized spacial score (nSPS) is 27.1. The average Bonchev–Trinajstić information content (AvgIpc) is 3.19. The number of nitrogens with zero attached hydrogens (tertiary/aromatic N) is 3. The topological polar surface area (TPSA) is 38.7 Å². The van der Waals surface area contributed by atoms with Crippen molar-refractivity contribution < 1.29 is 0 Å². The lowest BCUT2D eigenvalue weighted by Crippen LogP contribution is -2.29. The van der Waals surface area contributed by atoms with E-state index in [4.69, 9.17) is 15.0 Å². The number of aromatic nitrogens is 3. The first-order valence-electron chi connectivity index (χ1n) is 9.16. The molecule has 25 heavy (non-hydrogen) atoms. The second kappa shape index (κ2) is 5.76. The fraction of sp³-hybridized carbons (Fsp3) is 0.318. The summed E-state index contributed by atoms with van der Waals surface area (Å²) < 4.78 is 0. The summed E-state index contributed by atoms with van der Waals surface area (Å²) in [6, 6.07) is 20.5. The van der Waals surface area contributed by atoms with Gasteiger partial charge < -0.3 is 0 Å². The molecule has 0 amide bonds. The molecule has 3 heteroatoms. The van der Waals surface area contributed by atoms with Gasteiger partial charge in [0.1, 0.15) is 5.82 Å². The van der Waals surface area contributed by atoms with Crippen molar-refractivity contribution in [1.29, 1.82) is 0 Å². The largest absolute Gasteiger partial charge is 0.213 e. The quantitative estimate of drug-likeness (QED) is 0.682. The van der Waals surface area contributed by atoms with E-state index in [2.05, 4.69) is 31.2 Å². The van der Waals surface area contributed by atoms with E-state index in [0.29, 0.717) is 5.92 Å². The van der Waals surface area contributed by atoms with Gasteiger partial charge in [0.05, 0.1) is 0 Å². The Bertz CT molecular complexity index is 834. The van der Waals surface area contributed by atoms with Crippen molar-refractivity contribution in [2.75, 3.05) is 0 Å². The molecular formula is C22H21N3. The SMILES string of the molecule is CC1CC2CC1C2c1nc(-c2ccccc2)nc(-c2ccccc2)n1. The van der Waals surface area contributed by atoms with Crippen molar-refractivity contribution in [3.63, 3.8) is 0 Å². The number of hydrogen-bond acceptors (Lipinski definition) is 3. The zero-order chi connectivity index (χ0) is 16.8. The van der Waals surface area contributed by atoms with Gasteiger partial charge in [0.15, 0.2) is 11.6 Å². The zero-order valence-corrected chi connectivity index (χ0v) is 14.3. The number of benzene rings is 2. The van der Waals surface area contributed by atoms with Crippen LogP contribution in [-0.2, 0) is 0 Å². The van der Waals surface area contributed by atoms with Crippen molar-refractivity contribution in [1.82, 2.24) is 15.0 Å². The molecule has 0 aliphatic heterocycles. The Morgan fingerprint density at radius 1 is 0.720 bits per heavy atom. The Kier molecular flexibility index (Phi) is 3.40. The maximum atomic E-state index is 4.90. The molecule has 3 aliphatic carbocycles. The zero-order valence-electron chi connectivity index (χ0n) is 14.3. The Labute approximate surface area is 148 Å². The minimum absolute atomic E-state index is 0.517. The molecule has 0 radical (unpaired) electrons. The molecular weight excluding hydrogens is 306 g/mol. The van der Waals surface area contributed by atoms with E-state index in [9.17, 15) is 0 Å². The third kappa shape index (κ3) is 2.46. The molecule has 0 spiro atoms. The van der Waals surface area contributed by atoms with Gasteiger partial charge in [-0.3, -0.25) is 0 Å². The predicted octanol–water partition coefficient (Wildman–Crippen LogP) is 4.97. The van der Waals surface area contributed by atoms with Gasteiger partial charge in [0, 0.05) is 17.0 Å². The third-order valence-corrected chi connectivity index (χ3v) is 5.96. The smallest absolute Gasteiger partial charge is 0.163 e. The van der Waals surface area contributed by atoms with E-state index in [1.54, 1.807) is 0 Å². The molecule has 2 bridgehead atoms. The third-order valence-electron chi connectivity index (χ3n) is 5.96. The van der Waals surface area contributed by atoms with Crippen molar-refractivity contribution >= 4 is 0 Å². The van der Waals surface area contributed by atoms with Crippen LogP contribution in [0.15, 0.2) is 60.7 Å². The van der Waals surface area contributed by atoms with Crippen LogP contribution in [0.4, 0.5) is 0 Å². The van der Waals surface area contributed by atoms with E-state index in [1.165, 1.54) is 12.8 Å². The molecule has 3 saturated carbocycles. The fourth-order valence-electron chi connectivity index (χ4n) is 4.65. The molecule has 6 rings (SSSR count). The molecule has 3 aromatic rings. The summed E-state index contributed by atoms with van der Waals surface area (Å²) in [4.78, 5) is 14.6. The number of hydrogen-bond donors (Lipinski definition) is 0. The Morgan fingerprint density at radius 3 is 1.72 bits per heavy atom. The molecule has 0 saturated heterocycles. The molecule has 0 N–H and O–H groups in total. The van der Waals surface area contributed by atoms with Gasteiger partial charge in [-0.2, -0.15) is 0 Å². The molecule has 4 unspecified atom stereocenters. The maximum absolute atomic E-state index is 4.90. The van der Waals surface area contributed by atoms with E-state index in [-0.39, 0.29) is 0 Å². The second-order valence-electron chi connectivity index (χ2n) is 7.47. The van der Waals surface area contributed by atoms with Gasteiger partial charge in [0.25, 0.3) is 0 Å². The van der Waals surface area contributed by atoms with Gasteiger partial charge >= 0.3 is 0 Å². The van der Waals surface area contributed by atoms with Crippen LogP contribution >= 0.6 is 0 Å². The molecule has 3 aliphatic rings. The van der Waals surface area contributed by atoms with Crippen molar-refractivity contribution in [3.8, 4) is 22.8 Å². The summed E-state index contributed by atoms with van der Waals surface area (Å²) in [6.07, 6.45) is 2.67. The van der Waals surface area contributed by atoms with Crippen LogP contribution in [0.2, 0.25) is 0 Å². The van der Waals surface area contributed by atoms with Crippen molar-refractivity contribution in [2.24, 2.45) is 17.8 Å². The minimum Gasteiger partial charge on any atom is -0.213 e. The van der Waals surface area contributed by atoms with Gasteiger partial charge in [-0.15, -0.1) is 0 Å². The van der Waals surface area contributed by atoms with Crippen LogP contribution in [0, 0.1) is 17.8 Å². The first-order chi connectivity index (χ1) is 12.3. The predicted molar refractivity (Wildman–Crippen MR) is 98.8 cm³/mol. The first kappa shape index (κ1) is 14.8. The molecule has 4 atom stereocenters. The van der Waals surface area contributed by atoms with E-state index < -0.39 is 0 Å². The molecule has 3 fully saturated rings. The van der Waals surface area contributed by atoms with E-state index in [1.807, 2.05) is 36.4 Å². The molecule has 1 heterocycles. The van der Waals surface area contributed by atoms with Crippen molar-refractivity contribution in [3.05, 3.63) is 66.5 Å². The van der Waals surface area contributed by atoms with Gasteiger partial charge in [-0.25, -0.2) is 15.0 Å². The van der Waals surface area contributed by atoms with Crippen LogP contribution < -0.4 is 0 Å². The first-order valence-corrected chi connectivity index (χ1v) is 9.16.